The second-order valence-corrected chi connectivity index (χ2v) is 4.50. The predicted octanol–water partition coefficient (Wildman–Crippen LogP) is 1.18. The minimum atomic E-state index is 0.289. The van der Waals surface area contributed by atoms with Gasteiger partial charge in [0.15, 0.2) is 5.82 Å². The minimum Gasteiger partial charge on any atom is -0.353 e. The molecule has 1 fully saturated rings. The summed E-state index contributed by atoms with van der Waals surface area (Å²) in [5.74, 6) is 1.07. The van der Waals surface area contributed by atoms with Crippen molar-refractivity contribution in [2.24, 2.45) is 5.73 Å². The smallest absolute Gasteiger partial charge is 0.153 e. The zero-order valence-corrected chi connectivity index (χ0v) is 9.43. The van der Waals surface area contributed by atoms with Gasteiger partial charge in [-0.15, -0.1) is 0 Å². The molecule has 0 radical (unpaired) electrons. The van der Waals surface area contributed by atoms with E-state index in [1.165, 1.54) is 11.1 Å². The van der Waals surface area contributed by atoms with E-state index in [2.05, 4.69) is 33.5 Å². The highest BCUT2D eigenvalue weighted by Crippen LogP contribution is 2.25. The van der Waals surface area contributed by atoms with Crippen LogP contribution in [-0.2, 0) is 0 Å². The fourth-order valence-corrected chi connectivity index (χ4v) is 2.41. The number of fused-ring (bicyclic) bond motifs is 1. The third-order valence-corrected chi connectivity index (χ3v) is 3.28. The van der Waals surface area contributed by atoms with Gasteiger partial charge < -0.3 is 15.0 Å². The van der Waals surface area contributed by atoms with E-state index in [0.29, 0.717) is 0 Å². The number of nitrogens with two attached hydrogens (primary N) is 1. The number of hydrogen-bond donors (Lipinski definition) is 1. The SMILES string of the molecule is Cc1ccn2ccnc(N3CC[C@H](N)C3)c12. The molecule has 3 heterocycles. The number of hydrogen-bond acceptors (Lipinski definition) is 3. The van der Waals surface area contributed by atoms with E-state index in [0.717, 1.165) is 25.3 Å². The molecule has 2 aromatic heterocycles. The highest BCUT2D eigenvalue weighted by molar-refractivity contribution is 5.73. The van der Waals surface area contributed by atoms with Crippen LogP contribution in [0.15, 0.2) is 24.7 Å². The summed E-state index contributed by atoms with van der Waals surface area (Å²) in [6.07, 6.45) is 6.97. The lowest BCUT2D eigenvalue weighted by atomic mass is 10.3. The fourth-order valence-electron chi connectivity index (χ4n) is 2.41. The van der Waals surface area contributed by atoms with E-state index < -0.39 is 0 Å². The van der Waals surface area contributed by atoms with Gasteiger partial charge in [-0.05, 0) is 25.0 Å². The Morgan fingerprint density at radius 1 is 1.44 bits per heavy atom. The van der Waals surface area contributed by atoms with E-state index in [1.54, 1.807) is 0 Å². The zero-order chi connectivity index (χ0) is 11.1. The molecule has 3 rings (SSSR count). The molecule has 4 heteroatoms. The number of nitrogens with zero attached hydrogens (tertiary/aromatic N) is 3. The maximum atomic E-state index is 5.94. The van der Waals surface area contributed by atoms with Crippen LogP contribution in [0.5, 0.6) is 0 Å². The van der Waals surface area contributed by atoms with Crippen molar-refractivity contribution in [3.63, 3.8) is 0 Å². The van der Waals surface area contributed by atoms with Gasteiger partial charge >= 0.3 is 0 Å². The molecular formula is C12H16N4. The first kappa shape index (κ1) is 9.66. The van der Waals surface area contributed by atoms with Crippen LogP contribution in [0.2, 0.25) is 0 Å². The highest BCUT2D eigenvalue weighted by atomic mass is 15.2. The second kappa shape index (κ2) is 3.49. The highest BCUT2D eigenvalue weighted by Gasteiger charge is 2.22. The van der Waals surface area contributed by atoms with Gasteiger partial charge in [-0.1, -0.05) is 0 Å². The summed E-state index contributed by atoms with van der Waals surface area (Å²) in [4.78, 5) is 6.79. The van der Waals surface area contributed by atoms with Crippen molar-refractivity contribution >= 4 is 11.3 Å². The van der Waals surface area contributed by atoms with Crippen LogP contribution in [0.25, 0.3) is 5.52 Å². The summed E-state index contributed by atoms with van der Waals surface area (Å²) in [7, 11) is 0. The number of aromatic nitrogens is 2. The first-order valence-electron chi connectivity index (χ1n) is 5.68. The Hall–Kier alpha value is -1.55. The Morgan fingerprint density at radius 2 is 2.31 bits per heavy atom. The Balaban J connectivity index is 2.12. The van der Waals surface area contributed by atoms with Gasteiger partial charge in [-0.2, -0.15) is 0 Å². The van der Waals surface area contributed by atoms with Crippen LogP contribution in [0.4, 0.5) is 5.82 Å². The summed E-state index contributed by atoms with van der Waals surface area (Å²) in [6.45, 7) is 4.05. The van der Waals surface area contributed by atoms with Gasteiger partial charge in [0.05, 0.1) is 5.52 Å². The van der Waals surface area contributed by atoms with Gasteiger partial charge in [0, 0.05) is 37.7 Å². The van der Waals surface area contributed by atoms with Gasteiger partial charge in [0.2, 0.25) is 0 Å². The Bertz CT molecular complexity index is 517. The predicted molar refractivity (Wildman–Crippen MR) is 64.7 cm³/mol. The molecule has 0 spiro atoms. The average molecular weight is 216 g/mol. The van der Waals surface area contributed by atoms with Crippen molar-refractivity contribution in [3.05, 3.63) is 30.2 Å². The van der Waals surface area contributed by atoms with Crippen LogP contribution in [0.3, 0.4) is 0 Å². The molecule has 84 valence electrons. The monoisotopic (exact) mass is 216 g/mol. The lowest BCUT2D eigenvalue weighted by molar-refractivity contribution is 0.751. The maximum absolute atomic E-state index is 5.94. The molecule has 1 aliphatic rings. The number of rotatable bonds is 1. The molecule has 2 aromatic rings. The molecule has 1 atom stereocenters. The number of aryl methyl sites for hydroxylation is 1. The molecule has 0 unspecified atom stereocenters. The van der Waals surface area contributed by atoms with Crippen molar-refractivity contribution in [2.75, 3.05) is 18.0 Å². The zero-order valence-electron chi connectivity index (χ0n) is 9.43. The third-order valence-electron chi connectivity index (χ3n) is 3.28. The van der Waals surface area contributed by atoms with Gasteiger partial charge in [0.25, 0.3) is 0 Å². The van der Waals surface area contributed by atoms with Gasteiger partial charge in [-0.3, -0.25) is 0 Å². The standard InChI is InChI=1S/C12H16N4/c1-9-2-5-15-7-4-14-12(11(9)15)16-6-3-10(13)8-16/h2,4-5,7,10H,3,6,8,13H2,1H3/t10-/m0/s1. The third kappa shape index (κ3) is 1.38. The van der Waals surface area contributed by atoms with Crippen LogP contribution in [0.1, 0.15) is 12.0 Å². The Labute approximate surface area is 94.7 Å². The molecule has 1 saturated heterocycles. The van der Waals surface area contributed by atoms with Gasteiger partial charge in [-0.25, -0.2) is 4.98 Å². The summed E-state index contributed by atoms with van der Waals surface area (Å²) < 4.78 is 2.13. The van der Waals surface area contributed by atoms with Crippen molar-refractivity contribution in [3.8, 4) is 0 Å². The van der Waals surface area contributed by atoms with E-state index in [4.69, 9.17) is 5.73 Å². The van der Waals surface area contributed by atoms with E-state index >= 15 is 0 Å². The molecule has 0 amide bonds. The second-order valence-electron chi connectivity index (χ2n) is 4.50. The molecule has 0 saturated carbocycles. The van der Waals surface area contributed by atoms with E-state index in [-0.39, 0.29) is 6.04 Å². The van der Waals surface area contributed by atoms with Crippen molar-refractivity contribution in [1.82, 2.24) is 9.38 Å². The maximum Gasteiger partial charge on any atom is 0.153 e. The number of anilines is 1. The summed E-state index contributed by atoms with van der Waals surface area (Å²) in [6, 6.07) is 2.41. The van der Waals surface area contributed by atoms with E-state index in [9.17, 15) is 0 Å². The summed E-state index contributed by atoms with van der Waals surface area (Å²) in [5, 5.41) is 0. The lowest BCUT2D eigenvalue weighted by Crippen LogP contribution is -2.27. The minimum absolute atomic E-state index is 0.289. The molecule has 0 aliphatic carbocycles. The van der Waals surface area contributed by atoms with Crippen LogP contribution in [-0.4, -0.2) is 28.5 Å². The quantitative estimate of drug-likeness (QED) is 0.778. The first-order valence-corrected chi connectivity index (χ1v) is 5.68. The van der Waals surface area contributed by atoms with Crippen molar-refractivity contribution in [1.29, 1.82) is 0 Å². The molecule has 1 aliphatic heterocycles. The molecular weight excluding hydrogens is 200 g/mol. The molecule has 0 aromatic carbocycles. The van der Waals surface area contributed by atoms with Crippen LogP contribution < -0.4 is 10.6 Å². The summed E-state index contributed by atoms with van der Waals surface area (Å²) in [5.41, 5.74) is 8.42. The Morgan fingerprint density at radius 3 is 3.06 bits per heavy atom. The lowest BCUT2D eigenvalue weighted by Gasteiger charge is -2.18. The van der Waals surface area contributed by atoms with Gasteiger partial charge in [0.1, 0.15) is 0 Å². The van der Waals surface area contributed by atoms with Crippen LogP contribution in [0, 0.1) is 6.92 Å². The molecule has 4 nitrogen and oxygen atoms in total. The van der Waals surface area contributed by atoms with Crippen molar-refractivity contribution < 1.29 is 0 Å². The molecule has 0 bridgehead atoms. The molecule has 16 heavy (non-hydrogen) atoms. The molecule has 2 N–H and O–H groups in total. The fraction of sp³-hybridized carbons (Fsp3) is 0.417. The summed E-state index contributed by atoms with van der Waals surface area (Å²) >= 11 is 0. The largest absolute Gasteiger partial charge is 0.353 e. The Kier molecular flexibility index (Phi) is 2.11. The average Bonchev–Trinajstić information content (AvgIpc) is 2.86. The van der Waals surface area contributed by atoms with Crippen LogP contribution >= 0.6 is 0 Å². The first-order chi connectivity index (χ1) is 7.75. The topological polar surface area (TPSA) is 46.6 Å². The van der Waals surface area contributed by atoms with Crippen molar-refractivity contribution in [2.45, 2.75) is 19.4 Å². The normalized spacial score (nSPS) is 20.9. The van der Waals surface area contributed by atoms with E-state index in [1.807, 2.05) is 12.4 Å².